The van der Waals surface area contributed by atoms with Crippen LogP contribution >= 0.6 is 0 Å². The molecule has 0 saturated heterocycles. The molecule has 0 spiro atoms. The van der Waals surface area contributed by atoms with Crippen molar-refractivity contribution in [3.8, 4) is 12.1 Å². The predicted octanol–water partition coefficient (Wildman–Crippen LogP) is 2.58. The van der Waals surface area contributed by atoms with Crippen LogP contribution in [0, 0.1) is 28.6 Å². The van der Waals surface area contributed by atoms with E-state index in [9.17, 15) is 9.65 Å². The zero-order valence-electron chi connectivity index (χ0n) is 15.1. The Hall–Kier alpha value is -3.00. The van der Waals surface area contributed by atoms with Crippen molar-refractivity contribution >= 4 is 5.82 Å². The van der Waals surface area contributed by atoms with Gasteiger partial charge >= 0.3 is 0 Å². The van der Waals surface area contributed by atoms with E-state index in [4.69, 9.17) is 10.00 Å². The van der Waals surface area contributed by atoms with Crippen molar-refractivity contribution < 1.29 is 9.13 Å². The minimum Gasteiger partial charge on any atom is -0.383 e. The smallest absolute Gasteiger partial charge is 0.233 e. The van der Waals surface area contributed by atoms with Gasteiger partial charge in [0, 0.05) is 38.9 Å². The van der Waals surface area contributed by atoms with Crippen LogP contribution in [-0.2, 0) is 24.2 Å². The van der Waals surface area contributed by atoms with Gasteiger partial charge in [-0.25, -0.2) is 4.98 Å². The molecular formula is C20H20FN5O. The van der Waals surface area contributed by atoms with Crippen molar-refractivity contribution in [1.82, 2.24) is 9.88 Å². The summed E-state index contributed by atoms with van der Waals surface area (Å²) in [6, 6.07) is 11.6. The number of anilines is 1. The number of methoxy groups -OCH3 is 1. The first-order chi connectivity index (χ1) is 13.2. The average molecular weight is 365 g/mol. The van der Waals surface area contributed by atoms with E-state index in [1.165, 1.54) is 0 Å². The fourth-order valence-electron chi connectivity index (χ4n) is 3.27. The normalized spacial score (nSPS) is 13.5. The third kappa shape index (κ3) is 4.22. The van der Waals surface area contributed by atoms with Gasteiger partial charge in [-0.1, -0.05) is 12.1 Å². The third-order valence-electron chi connectivity index (χ3n) is 4.63. The van der Waals surface area contributed by atoms with Gasteiger partial charge in [0.25, 0.3) is 0 Å². The molecule has 6 nitrogen and oxygen atoms in total. The van der Waals surface area contributed by atoms with Gasteiger partial charge in [-0.05, 0) is 29.7 Å². The van der Waals surface area contributed by atoms with Gasteiger partial charge in [-0.15, -0.1) is 0 Å². The maximum Gasteiger partial charge on any atom is 0.233 e. The number of nitrogens with zero attached hydrogens (tertiary/aromatic N) is 4. The first-order valence-corrected chi connectivity index (χ1v) is 8.71. The maximum atomic E-state index is 14.2. The van der Waals surface area contributed by atoms with E-state index in [0.29, 0.717) is 44.0 Å². The molecular weight excluding hydrogens is 345 g/mol. The highest BCUT2D eigenvalue weighted by molar-refractivity contribution is 5.55. The van der Waals surface area contributed by atoms with Gasteiger partial charge in [0.05, 0.1) is 18.2 Å². The number of ether oxygens (including phenoxy) is 1. The van der Waals surface area contributed by atoms with E-state index in [0.717, 1.165) is 23.2 Å². The van der Waals surface area contributed by atoms with E-state index in [-0.39, 0.29) is 5.56 Å². The summed E-state index contributed by atoms with van der Waals surface area (Å²) in [6.45, 7) is 3.00. The van der Waals surface area contributed by atoms with E-state index in [1.807, 2.05) is 18.2 Å². The molecule has 0 aliphatic carbocycles. The molecule has 138 valence electrons. The average Bonchev–Trinajstić information content (AvgIpc) is 2.69. The number of fused-ring (bicyclic) bond motifs is 1. The van der Waals surface area contributed by atoms with E-state index >= 15 is 0 Å². The second-order valence-electron chi connectivity index (χ2n) is 6.38. The molecule has 3 rings (SSSR count). The Bertz CT molecular complexity index is 899. The summed E-state index contributed by atoms with van der Waals surface area (Å²) >= 11 is 0. The van der Waals surface area contributed by atoms with Crippen LogP contribution in [0.3, 0.4) is 0 Å². The topological polar surface area (TPSA) is 85.0 Å². The number of pyridine rings is 1. The fraction of sp³-hybridized carbons (Fsp3) is 0.350. The molecule has 0 atom stereocenters. The minimum atomic E-state index is -0.725. The standard InChI is InChI=1S/C20H20FN5O/c1-27-9-7-24-20-18-13-26(12-15-4-2-14(10-22)3-5-15)8-6-16(18)17(11-23)19(21)25-20/h2-5H,6-9,12-13H2,1H3,(H,24,25). The Balaban J connectivity index is 1.83. The highest BCUT2D eigenvalue weighted by Crippen LogP contribution is 2.29. The first-order valence-electron chi connectivity index (χ1n) is 8.71. The number of halogens is 1. The van der Waals surface area contributed by atoms with Crippen molar-refractivity contribution in [2.45, 2.75) is 19.5 Å². The van der Waals surface area contributed by atoms with E-state index < -0.39 is 5.95 Å². The van der Waals surface area contributed by atoms with Crippen molar-refractivity contribution in [3.05, 3.63) is 58.0 Å². The second kappa shape index (κ2) is 8.59. The Morgan fingerprint density at radius 1 is 1.22 bits per heavy atom. The van der Waals surface area contributed by atoms with Crippen LogP contribution in [0.25, 0.3) is 0 Å². The minimum absolute atomic E-state index is 0.0420. The lowest BCUT2D eigenvalue weighted by Crippen LogP contribution is -2.32. The lowest BCUT2D eigenvalue weighted by Gasteiger charge is -2.30. The Labute approximate surface area is 157 Å². The van der Waals surface area contributed by atoms with Crippen LogP contribution in [0.15, 0.2) is 24.3 Å². The van der Waals surface area contributed by atoms with Crippen molar-refractivity contribution in [1.29, 1.82) is 10.5 Å². The van der Waals surface area contributed by atoms with Crippen LogP contribution < -0.4 is 5.32 Å². The molecule has 7 heteroatoms. The number of rotatable bonds is 6. The van der Waals surface area contributed by atoms with Gasteiger partial charge in [-0.2, -0.15) is 14.9 Å². The van der Waals surface area contributed by atoms with Gasteiger partial charge in [0.15, 0.2) is 0 Å². The summed E-state index contributed by atoms with van der Waals surface area (Å²) in [7, 11) is 1.60. The SMILES string of the molecule is COCCNc1nc(F)c(C#N)c2c1CN(Cc1ccc(C#N)cc1)CC2. The molecule has 1 N–H and O–H groups in total. The summed E-state index contributed by atoms with van der Waals surface area (Å²) in [6.07, 6.45) is 0.590. The molecule has 27 heavy (non-hydrogen) atoms. The lowest BCUT2D eigenvalue weighted by atomic mass is 9.95. The zero-order chi connectivity index (χ0) is 19.2. The highest BCUT2D eigenvalue weighted by Gasteiger charge is 2.25. The van der Waals surface area contributed by atoms with Crippen LogP contribution in [-0.4, -0.2) is 36.7 Å². The summed E-state index contributed by atoms with van der Waals surface area (Å²) in [5.74, 6) is -0.250. The van der Waals surface area contributed by atoms with Gasteiger partial charge in [-0.3, -0.25) is 4.90 Å². The van der Waals surface area contributed by atoms with Crippen molar-refractivity contribution in [2.75, 3.05) is 32.1 Å². The van der Waals surface area contributed by atoms with Gasteiger partial charge in [0.2, 0.25) is 5.95 Å². The Kier molecular flexibility index (Phi) is 5.97. The lowest BCUT2D eigenvalue weighted by molar-refractivity contribution is 0.210. The second-order valence-corrected chi connectivity index (χ2v) is 6.38. The summed E-state index contributed by atoms with van der Waals surface area (Å²) in [5, 5.41) is 21.3. The highest BCUT2D eigenvalue weighted by atomic mass is 19.1. The molecule has 2 aromatic rings. The van der Waals surface area contributed by atoms with Crippen LogP contribution in [0.5, 0.6) is 0 Å². The number of nitrogens with one attached hydrogen (secondary N) is 1. The number of benzene rings is 1. The monoisotopic (exact) mass is 365 g/mol. The number of aromatic nitrogens is 1. The molecule has 0 fully saturated rings. The van der Waals surface area contributed by atoms with Crippen molar-refractivity contribution in [3.63, 3.8) is 0 Å². The molecule has 1 aromatic carbocycles. The Morgan fingerprint density at radius 2 is 2.00 bits per heavy atom. The molecule has 0 unspecified atom stereocenters. The van der Waals surface area contributed by atoms with Crippen LogP contribution in [0.4, 0.5) is 10.2 Å². The number of nitriles is 2. The molecule has 0 bridgehead atoms. The molecule has 0 saturated carbocycles. The largest absolute Gasteiger partial charge is 0.383 e. The predicted molar refractivity (Wildman–Crippen MR) is 98.3 cm³/mol. The summed E-state index contributed by atoms with van der Waals surface area (Å²) in [4.78, 5) is 6.20. The van der Waals surface area contributed by atoms with Crippen LogP contribution in [0.2, 0.25) is 0 Å². The number of hydrogen-bond donors (Lipinski definition) is 1. The zero-order valence-corrected chi connectivity index (χ0v) is 15.1. The molecule has 2 heterocycles. The maximum absolute atomic E-state index is 14.2. The fourth-order valence-corrected chi connectivity index (χ4v) is 3.27. The van der Waals surface area contributed by atoms with E-state index in [1.54, 1.807) is 19.2 Å². The van der Waals surface area contributed by atoms with Gasteiger partial charge < -0.3 is 10.1 Å². The van der Waals surface area contributed by atoms with Crippen LogP contribution in [0.1, 0.15) is 27.8 Å². The van der Waals surface area contributed by atoms with Crippen molar-refractivity contribution in [2.24, 2.45) is 0 Å². The number of hydrogen-bond acceptors (Lipinski definition) is 6. The van der Waals surface area contributed by atoms with E-state index in [2.05, 4.69) is 21.3 Å². The molecule has 1 aliphatic heterocycles. The molecule has 0 radical (unpaired) electrons. The Morgan fingerprint density at radius 3 is 2.67 bits per heavy atom. The quantitative estimate of drug-likeness (QED) is 0.626. The molecule has 1 aliphatic rings. The van der Waals surface area contributed by atoms with Gasteiger partial charge in [0.1, 0.15) is 17.5 Å². The molecule has 1 aromatic heterocycles. The third-order valence-corrected chi connectivity index (χ3v) is 4.63. The first kappa shape index (κ1) is 18.8. The summed E-state index contributed by atoms with van der Waals surface area (Å²) in [5.41, 5.74) is 3.37. The molecule has 0 amide bonds. The summed E-state index contributed by atoms with van der Waals surface area (Å²) < 4.78 is 19.3.